The van der Waals surface area contributed by atoms with Gasteiger partial charge in [0.25, 0.3) is 0 Å². The molecule has 1 aromatic rings. The van der Waals surface area contributed by atoms with E-state index in [1.165, 1.54) is 0 Å². The zero-order valence-electron chi connectivity index (χ0n) is 14.1. The lowest BCUT2D eigenvalue weighted by atomic mass is 10.1. The molecule has 8 heteroatoms. The van der Waals surface area contributed by atoms with Gasteiger partial charge in [0, 0.05) is 38.4 Å². The number of pyridine rings is 1. The number of sulfone groups is 1. The van der Waals surface area contributed by atoms with E-state index in [2.05, 4.69) is 10.3 Å². The van der Waals surface area contributed by atoms with Crippen molar-refractivity contribution in [3.05, 3.63) is 30.1 Å². The zero-order valence-corrected chi connectivity index (χ0v) is 15.8. The highest BCUT2D eigenvalue weighted by molar-refractivity contribution is 7.91. The van der Waals surface area contributed by atoms with Crippen LogP contribution >= 0.6 is 12.4 Å². The Labute approximate surface area is 150 Å². The Morgan fingerprint density at radius 2 is 2.21 bits per heavy atom. The Bertz CT molecular complexity index is 623. The maximum absolute atomic E-state index is 12.5. The van der Waals surface area contributed by atoms with Gasteiger partial charge in [-0.3, -0.25) is 9.78 Å². The number of amides is 1. The molecule has 0 radical (unpaired) electrons. The van der Waals surface area contributed by atoms with Crippen LogP contribution < -0.4 is 5.32 Å². The largest absolute Gasteiger partial charge is 0.333 e. The van der Waals surface area contributed by atoms with Crippen molar-refractivity contribution < 1.29 is 13.2 Å². The van der Waals surface area contributed by atoms with E-state index in [4.69, 9.17) is 0 Å². The number of nitrogens with zero attached hydrogens (tertiary/aromatic N) is 2. The average Bonchev–Trinajstić information content (AvgIpc) is 2.52. The monoisotopic (exact) mass is 375 g/mol. The van der Waals surface area contributed by atoms with Crippen LogP contribution in [0.2, 0.25) is 0 Å². The van der Waals surface area contributed by atoms with Gasteiger partial charge in [0.2, 0.25) is 5.91 Å². The molecule has 2 heterocycles. The van der Waals surface area contributed by atoms with Crippen molar-refractivity contribution >= 4 is 28.2 Å². The summed E-state index contributed by atoms with van der Waals surface area (Å²) in [5, 5.41) is 3.28. The van der Waals surface area contributed by atoms with Crippen LogP contribution in [-0.2, 0) is 14.6 Å². The van der Waals surface area contributed by atoms with Crippen LogP contribution in [-0.4, -0.2) is 55.3 Å². The van der Waals surface area contributed by atoms with Gasteiger partial charge in [0.15, 0.2) is 9.84 Å². The Hall–Kier alpha value is -1.18. The van der Waals surface area contributed by atoms with Crippen LogP contribution in [0.1, 0.15) is 31.9 Å². The van der Waals surface area contributed by atoms with Crippen molar-refractivity contribution in [2.24, 2.45) is 5.92 Å². The summed E-state index contributed by atoms with van der Waals surface area (Å²) in [5.74, 6) is 0.0341. The molecule has 2 rings (SSSR count). The fraction of sp³-hybridized carbons (Fsp3) is 0.625. The number of hydrogen-bond acceptors (Lipinski definition) is 5. The van der Waals surface area contributed by atoms with Crippen molar-refractivity contribution in [1.29, 1.82) is 0 Å². The molecule has 1 N–H and O–H groups in total. The smallest absolute Gasteiger partial charge is 0.224 e. The van der Waals surface area contributed by atoms with E-state index in [0.717, 1.165) is 12.1 Å². The summed E-state index contributed by atoms with van der Waals surface area (Å²) < 4.78 is 24.0. The van der Waals surface area contributed by atoms with Crippen LogP contribution in [0.4, 0.5) is 0 Å². The van der Waals surface area contributed by atoms with Gasteiger partial charge >= 0.3 is 0 Å². The summed E-state index contributed by atoms with van der Waals surface area (Å²) in [6, 6.07) is 3.71. The first-order chi connectivity index (χ1) is 10.9. The molecule has 1 amide bonds. The Balaban J connectivity index is 0.00000288. The summed E-state index contributed by atoms with van der Waals surface area (Å²) in [4.78, 5) is 18.4. The Kier molecular flexibility index (Phi) is 8.12. The number of piperazine rings is 1. The average molecular weight is 376 g/mol. The summed E-state index contributed by atoms with van der Waals surface area (Å²) in [6.45, 7) is 5.71. The molecule has 1 aliphatic heterocycles. The standard InChI is InChI=1S/C16H25N3O3S.ClH/c1-13(2)12-23(21,22)9-5-16(20)19-8-7-18-11-15(19)14-4-3-6-17-10-14;/h3-4,6,10,13,15,18H,5,7-9,11-12H2,1-2H3;1H. The number of halogens is 1. The third-order valence-corrected chi connectivity index (χ3v) is 5.85. The quantitative estimate of drug-likeness (QED) is 0.813. The van der Waals surface area contributed by atoms with Crippen molar-refractivity contribution in [3.8, 4) is 0 Å². The second-order valence-electron chi connectivity index (χ2n) is 6.35. The highest BCUT2D eigenvalue weighted by Gasteiger charge is 2.28. The minimum Gasteiger partial charge on any atom is -0.333 e. The summed E-state index contributed by atoms with van der Waals surface area (Å²) in [6.07, 6.45) is 3.50. The van der Waals surface area contributed by atoms with Gasteiger partial charge in [-0.2, -0.15) is 0 Å². The van der Waals surface area contributed by atoms with Crippen LogP contribution in [0.3, 0.4) is 0 Å². The molecule has 6 nitrogen and oxygen atoms in total. The van der Waals surface area contributed by atoms with E-state index in [1.54, 1.807) is 17.3 Å². The molecule has 0 bridgehead atoms. The highest BCUT2D eigenvalue weighted by atomic mass is 35.5. The zero-order chi connectivity index (χ0) is 16.9. The minimum absolute atomic E-state index is 0. The first kappa shape index (κ1) is 20.9. The number of rotatable bonds is 6. The van der Waals surface area contributed by atoms with E-state index < -0.39 is 9.84 Å². The van der Waals surface area contributed by atoms with Gasteiger partial charge in [-0.1, -0.05) is 19.9 Å². The van der Waals surface area contributed by atoms with Crippen molar-refractivity contribution in [3.63, 3.8) is 0 Å². The predicted octanol–water partition coefficient (Wildman–Crippen LogP) is 1.44. The van der Waals surface area contributed by atoms with Gasteiger partial charge in [0.1, 0.15) is 0 Å². The van der Waals surface area contributed by atoms with Crippen molar-refractivity contribution in [2.45, 2.75) is 26.3 Å². The molecular weight excluding hydrogens is 350 g/mol. The Morgan fingerprint density at radius 3 is 2.83 bits per heavy atom. The molecule has 1 aromatic heterocycles. The van der Waals surface area contributed by atoms with Crippen LogP contribution in [0.25, 0.3) is 0 Å². The number of nitrogens with one attached hydrogen (secondary N) is 1. The molecule has 0 saturated carbocycles. The van der Waals surface area contributed by atoms with E-state index in [9.17, 15) is 13.2 Å². The molecule has 0 spiro atoms. The van der Waals surface area contributed by atoms with Crippen molar-refractivity contribution in [1.82, 2.24) is 15.2 Å². The van der Waals surface area contributed by atoms with Gasteiger partial charge < -0.3 is 10.2 Å². The SMILES string of the molecule is CC(C)CS(=O)(=O)CCC(=O)N1CCNCC1c1cccnc1.Cl. The molecular formula is C16H26ClN3O3S. The third kappa shape index (κ3) is 6.03. The number of carbonyl (C=O) groups excluding carboxylic acids is 1. The van der Waals surface area contributed by atoms with Gasteiger partial charge in [-0.15, -0.1) is 12.4 Å². The number of aromatic nitrogens is 1. The molecule has 0 aliphatic carbocycles. The maximum atomic E-state index is 12.5. The number of carbonyl (C=O) groups is 1. The van der Waals surface area contributed by atoms with E-state index in [1.807, 2.05) is 26.0 Å². The fourth-order valence-electron chi connectivity index (χ4n) is 2.85. The molecule has 0 aromatic carbocycles. The molecule has 136 valence electrons. The highest BCUT2D eigenvalue weighted by Crippen LogP contribution is 2.22. The van der Waals surface area contributed by atoms with Crippen LogP contribution in [0.15, 0.2) is 24.5 Å². The minimum atomic E-state index is -3.17. The van der Waals surface area contributed by atoms with Gasteiger partial charge in [-0.25, -0.2) is 8.42 Å². The predicted molar refractivity (Wildman–Crippen MR) is 96.9 cm³/mol. The van der Waals surface area contributed by atoms with Crippen LogP contribution in [0.5, 0.6) is 0 Å². The summed E-state index contributed by atoms with van der Waals surface area (Å²) >= 11 is 0. The van der Waals surface area contributed by atoms with E-state index in [0.29, 0.717) is 13.1 Å². The fourth-order valence-corrected chi connectivity index (χ4v) is 4.52. The second kappa shape index (κ2) is 9.34. The van der Waals surface area contributed by atoms with Gasteiger partial charge in [-0.05, 0) is 17.5 Å². The lowest BCUT2D eigenvalue weighted by molar-refractivity contribution is -0.134. The maximum Gasteiger partial charge on any atom is 0.224 e. The lowest BCUT2D eigenvalue weighted by Gasteiger charge is -2.36. The Morgan fingerprint density at radius 1 is 1.46 bits per heavy atom. The first-order valence-electron chi connectivity index (χ1n) is 7.99. The molecule has 1 unspecified atom stereocenters. The molecule has 1 fully saturated rings. The molecule has 1 saturated heterocycles. The third-order valence-electron chi connectivity index (χ3n) is 3.85. The van der Waals surface area contributed by atoms with E-state index >= 15 is 0 Å². The second-order valence-corrected chi connectivity index (χ2v) is 8.58. The number of hydrogen-bond donors (Lipinski definition) is 1. The van der Waals surface area contributed by atoms with E-state index in [-0.39, 0.29) is 48.2 Å². The first-order valence-corrected chi connectivity index (χ1v) is 9.82. The topological polar surface area (TPSA) is 79.4 Å². The van der Waals surface area contributed by atoms with Crippen LogP contribution in [0, 0.1) is 5.92 Å². The lowest BCUT2D eigenvalue weighted by Crippen LogP contribution is -2.49. The molecule has 1 aliphatic rings. The molecule has 24 heavy (non-hydrogen) atoms. The molecule has 1 atom stereocenters. The summed E-state index contributed by atoms with van der Waals surface area (Å²) in [7, 11) is -3.17. The van der Waals surface area contributed by atoms with Crippen molar-refractivity contribution in [2.75, 3.05) is 31.1 Å². The summed E-state index contributed by atoms with van der Waals surface area (Å²) in [5.41, 5.74) is 0.970. The normalized spacial score (nSPS) is 18.3. The van der Waals surface area contributed by atoms with Gasteiger partial charge in [0.05, 0.1) is 17.5 Å².